The Morgan fingerprint density at radius 3 is 2.44 bits per heavy atom. The van der Waals surface area contributed by atoms with Gasteiger partial charge in [-0.3, -0.25) is 9.69 Å². The van der Waals surface area contributed by atoms with E-state index in [1.54, 1.807) is 0 Å². The van der Waals surface area contributed by atoms with Crippen LogP contribution in [0.2, 0.25) is 0 Å². The molecule has 1 aliphatic heterocycles. The van der Waals surface area contributed by atoms with E-state index in [0.29, 0.717) is 0 Å². The fraction of sp³-hybridized carbons (Fsp3) is 0.273. The summed E-state index contributed by atoms with van der Waals surface area (Å²) in [6, 6.07) is 1.66. The van der Waals surface area contributed by atoms with Crippen molar-refractivity contribution in [1.82, 2.24) is 10.2 Å². The minimum atomic E-state index is -1.10. The molecule has 0 aromatic heterocycles. The zero-order valence-corrected chi connectivity index (χ0v) is 9.32. The molecule has 2 rings (SSSR count). The number of nitrogens with two attached hydrogens (primary N) is 1. The molecule has 1 atom stereocenters. The first-order valence-electron chi connectivity index (χ1n) is 5.28. The number of hydrogen-bond donors (Lipinski definition) is 2. The minimum absolute atomic E-state index is 0.120. The molecule has 0 radical (unpaired) electrons. The third-order valence-corrected chi connectivity index (χ3v) is 2.69. The summed E-state index contributed by atoms with van der Waals surface area (Å²) < 4.78 is 26.9. The molecule has 0 saturated carbocycles. The lowest BCUT2D eigenvalue weighted by atomic mass is 10.1. The van der Waals surface area contributed by atoms with Gasteiger partial charge in [-0.2, -0.15) is 0 Å². The van der Waals surface area contributed by atoms with E-state index in [4.69, 9.17) is 5.73 Å². The van der Waals surface area contributed by atoms with E-state index in [2.05, 4.69) is 5.32 Å². The van der Waals surface area contributed by atoms with Crippen molar-refractivity contribution in [2.75, 3.05) is 13.1 Å². The van der Waals surface area contributed by atoms with Gasteiger partial charge in [-0.1, -0.05) is 6.07 Å². The molecule has 7 heteroatoms. The van der Waals surface area contributed by atoms with Crippen LogP contribution in [0.4, 0.5) is 13.6 Å². The van der Waals surface area contributed by atoms with Crippen LogP contribution in [0, 0.1) is 11.6 Å². The van der Waals surface area contributed by atoms with Crippen molar-refractivity contribution in [3.63, 3.8) is 0 Å². The molecule has 1 aromatic carbocycles. The first kappa shape index (κ1) is 12.4. The molecule has 18 heavy (non-hydrogen) atoms. The number of halogens is 2. The van der Waals surface area contributed by atoms with Crippen molar-refractivity contribution < 1.29 is 18.4 Å². The molecule has 0 spiro atoms. The molecule has 0 aliphatic carbocycles. The predicted octanol–water partition coefficient (Wildman–Crippen LogP) is 0.516. The van der Waals surface area contributed by atoms with Gasteiger partial charge in [0.05, 0.1) is 12.6 Å². The quantitative estimate of drug-likeness (QED) is 0.773. The predicted molar refractivity (Wildman–Crippen MR) is 58.4 cm³/mol. The van der Waals surface area contributed by atoms with Crippen LogP contribution in [-0.4, -0.2) is 29.9 Å². The number of hydrogen-bond acceptors (Lipinski definition) is 3. The monoisotopic (exact) mass is 255 g/mol. The molecule has 96 valence electrons. The van der Waals surface area contributed by atoms with Crippen LogP contribution < -0.4 is 11.1 Å². The maximum atomic E-state index is 13.4. The maximum absolute atomic E-state index is 13.4. The third-order valence-electron chi connectivity index (χ3n) is 2.69. The molecule has 3 amide bonds. The minimum Gasteiger partial charge on any atom is -0.329 e. The van der Waals surface area contributed by atoms with Crippen LogP contribution in [0.1, 0.15) is 11.6 Å². The smallest absolute Gasteiger partial charge is 0.324 e. The average molecular weight is 255 g/mol. The summed E-state index contributed by atoms with van der Waals surface area (Å²) in [5, 5.41) is 2.30. The van der Waals surface area contributed by atoms with Crippen molar-refractivity contribution in [1.29, 1.82) is 0 Å². The van der Waals surface area contributed by atoms with Crippen molar-refractivity contribution >= 4 is 11.9 Å². The Balaban J connectivity index is 2.19. The number of nitrogens with zero attached hydrogens (tertiary/aromatic N) is 1. The molecule has 1 aliphatic rings. The van der Waals surface area contributed by atoms with Gasteiger partial charge >= 0.3 is 6.03 Å². The number of carbonyl (C=O) groups is 2. The van der Waals surface area contributed by atoms with Gasteiger partial charge < -0.3 is 11.1 Å². The van der Waals surface area contributed by atoms with E-state index in [1.807, 2.05) is 0 Å². The molecule has 5 nitrogen and oxygen atoms in total. The van der Waals surface area contributed by atoms with Gasteiger partial charge in [0.1, 0.15) is 11.6 Å². The highest BCUT2D eigenvalue weighted by Gasteiger charge is 2.31. The summed E-state index contributed by atoms with van der Waals surface area (Å²) >= 11 is 0. The second-order valence-corrected chi connectivity index (χ2v) is 3.90. The number of nitrogens with one attached hydrogen (secondary N) is 1. The Hall–Kier alpha value is -2.02. The fourth-order valence-electron chi connectivity index (χ4n) is 1.79. The Labute approximate surface area is 102 Å². The van der Waals surface area contributed by atoms with Crippen LogP contribution in [-0.2, 0) is 4.79 Å². The lowest BCUT2D eigenvalue weighted by molar-refractivity contribution is -0.125. The van der Waals surface area contributed by atoms with E-state index in [9.17, 15) is 18.4 Å². The largest absolute Gasteiger partial charge is 0.329 e. The molecule has 3 N–H and O–H groups in total. The molecular formula is C11H11F2N3O2. The summed E-state index contributed by atoms with van der Waals surface area (Å²) in [4.78, 5) is 23.4. The maximum Gasteiger partial charge on any atom is 0.324 e. The van der Waals surface area contributed by atoms with Crippen LogP contribution >= 0.6 is 0 Å². The molecule has 1 saturated heterocycles. The molecule has 1 heterocycles. The number of carbonyl (C=O) groups excluding carboxylic acids is 2. The summed E-state index contributed by atoms with van der Waals surface area (Å²) in [6.45, 7) is -0.381. The van der Waals surface area contributed by atoms with Crippen molar-refractivity contribution in [3.8, 4) is 0 Å². The highest BCUT2D eigenvalue weighted by atomic mass is 19.1. The molecule has 1 aromatic rings. The SMILES string of the molecule is NC(CN1C(=O)CNC1=O)c1c(F)cccc1F. The second-order valence-electron chi connectivity index (χ2n) is 3.90. The Kier molecular flexibility index (Phi) is 3.24. The van der Waals surface area contributed by atoms with Crippen molar-refractivity contribution in [2.24, 2.45) is 5.73 Å². The number of benzene rings is 1. The Morgan fingerprint density at radius 2 is 1.94 bits per heavy atom. The third kappa shape index (κ3) is 2.17. The second kappa shape index (κ2) is 4.69. The number of imide groups is 1. The van der Waals surface area contributed by atoms with Gasteiger partial charge in [-0.05, 0) is 12.1 Å². The van der Waals surface area contributed by atoms with E-state index in [1.165, 1.54) is 6.07 Å². The average Bonchev–Trinajstić information content (AvgIpc) is 2.60. The van der Waals surface area contributed by atoms with Crippen molar-refractivity contribution in [2.45, 2.75) is 6.04 Å². The number of amides is 3. The van der Waals surface area contributed by atoms with E-state index < -0.39 is 29.6 Å². The first-order valence-corrected chi connectivity index (χ1v) is 5.28. The summed E-state index contributed by atoms with van der Waals surface area (Å²) in [5.41, 5.74) is 5.32. The van der Waals surface area contributed by atoms with Crippen LogP contribution in [0.3, 0.4) is 0 Å². The molecule has 1 unspecified atom stereocenters. The topological polar surface area (TPSA) is 75.4 Å². The molecule has 1 fully saturated rings. The standard InChI is InChI=1S/C11H11F2N3O2/c12-6-2-1-3-7(13)10(6)8(14)5-16-9(17)4-15-11(16)18/h1-3,8H,4-5,14H2,(H,15,18). The van der Waals surface area contributed by atoms with Gasteiger partial charge in [0, 0.05) is 12.1 Å². The fourth-order valence-corrected chi connectivity index (χ4v) is 1.79. The number of rotatable bonds is 3. The Bertz CT molecular complexity index is 471. The zero-order chi connectivity index (χ0) is 13.3. The highest BCUT2D eigenvalue weighted by molar-refractivity contribution is 6.01. The van der Waals surface area contributed by atoms with Gasteiger partial charge in [-0.25, -0.2) is 13.6 Å². The lowest BCUT2D eigenvalue weighted by Crippen LogP contribution is -2.37. The van der Waals surface area contributed by atoms with E-state index in [-0.39, 0.29) is 18.7 Å². The van der Waals surface area contributed by atoms with Crippen LogP contribution in [0.5, 0.6) is 0 Å². The number of urea groups is 1. The normalized spacial score (nSPS) is 16.9. The Morgan fingerprint density at radius 1 is 1.33 bits per heavy atom. The van der Waals surface area contributed by atoms with E-state index >= 15 is 0 Å². The van der Waals surface area contributed by atoms with Gasteiger partial charge in [-0.15, -0.1) is 0 Å². The van der Waals surface area contributed by atoms with Crippen molar-refractivity contribution in [3.05, 3.63) is 35.4 Å². The van der Waals surface area contributed by atoms with E-state index in [0.717, 1.165) is 17.0 Å². The highest BCUT2D eigenvalue weighted by Crippen LogP contribution is 2.20. The van der Waals surface area contributed by atoms with Crippen LogP contribution in [0.15, 0.2) is 18.2 Å². The van der Waals surface area contributed by atoms with Crippen LogP contribution in [0.25, 0.3) is 0 Å². The molecular weight excluding hydrogens is 244 g/mol. The molecule has 0 bridgehead atoms. The first-order chi connectivity index (χ1) is 8.50. The van der Waals surface area contributed by atoms with Gasteiger partial charge in [0.15, 0.2) is 0 Å². The summed E-state index contributed by atoms with van der Waals surface area (Å²) in [5.74, 6) is -2.06. The summed E-state index contributed by atoms with van der Waals surface area (Å²) in [7, 11) is 0. The summed E-state index contributed by atoms with van der Waals surface area (Å²) in [6.07, 6.45) is 0. The lowest BCUT2D eigenvalue weighted by Gasteiger charge is -2.19. The van der Waals surface area contributed by atoms with Gasteiger partial charge in [0.2, 0.25) is 5.91 Å². The van der Waals surface area contributed by atoms with Gasteiger partial charge in [0.25, 0.3) is 0 Å². The zero-order valence-electron chi connectivity index (χ0n) is 9.32.